The number of benzene rings is 4. The number of imide groups is 1. The molecule has 0 spiro atoms. The molecular formula is C36H31F3N2O7. The Morgan fingerprint density at radius 3 is 1.85 bits per heavy atom. The molecule has 1 N–H and O–H groups in total. The predicted octanol–water partition coefficient (Wildman–Crippen LogP) is 5.85. The zero-order valence-corrected chi connectivity index (χ0v) is 25.4. The number of hydrogen-bond acceptors (Lipinski definition) is 8. The molecule has 1 unspecified atom stereocenters. The van der Waals surface area contributed by atoms with Gasteiger partial charge in [0.15, 0.2) is 0 Å². The fourth-order valence-corrected chi connectivity index (χ4v) is 5.60. The number of rotatable bonds is 10. The van der Waals surface area contributed by atoms with Gasteiger partial charge in [0.25, 0.3) is 17.7 Å². The minimum Gasteiger partial charge on any atom is -0.442 e. The Hall–Kier alpha value is -4.88. The van der Waals surface area contributed by atoms with E-state index in [2.05, 4.69) is 4.99 Å². The van der Waals surface area contributed by atoms with Crippen LogP contribution in [0.3, 0.4) is 0 Å². The molecule has 0 saturated carbocycles. The molecule has 6 rings (SSSR count). The third kappa shape index (κ3) is 7.32. The maximum atomic E-state index is 14.5. The monoisotopic (exact) mass is 660 g/mol. The van der Waals surface area contributed by atoms with Crippen LogP contribution >= 0.6 is 0 Å². The number of para-hydroxylation sites is 1. The number of alkyl halides is 3. The van der Waals surface area contributed by atoms with Crippen molar-refractivity contribution in [1.82, 2.24) is 4.90 Å². The van der Waals surface area contributed by atoms with E-state index in [4.69, 9.17) is 18.9 Å². The summed E-state index contributed by atoms with van der Waals surface area (Å²) < 4.78 is 67.0. The average Bonchev–Trinajstić information content (AvgIpc) is 3.34. The van der Waals surface area contributed by atoms with E-state index in [0.717, 1.165) is 10.5 Å². The lowest BCUT2D eigenvalue weighted by Gasteiger charge is -2.46. The quantitative estimate of drug-likeness (QED) is 0.129. The predicted molar refractivity (Wildman–Crippen MR) is 167 cm³/mol. The molecule has 48 heavy (non-hydrogen) atoms. The van der Waals surface area contributed by atoms with Crippen LogP contribution in [0.2, 0.25) is 0 Å². The van der Waals surface area contributed by atoms with Crippen LogP contribution < -0.4 is 0 Å². The van der Waals surface area contributed by atoms with Crippen molar-refractivity contribution in [1.29, 1.82) is 0 Å². The molecule has 9 nitrogen and oxygen atoms in total. The molecule has 1 saturated heterocycles. The van der Waals surface area contributed by atoms with Crippen molar-refractivity contribution in [2.75, 3.05) is 6.61 Å². The van der Waals surface area contributed by atoms with Crippen LogP contribution in [-0.2, 0) is 32.2 Å². The molecule has 4 aromatic rings. The smallest absolute Gasteiger partial charge is 0.442 e. The third-order valence-corrected chi connectivity index (χ3v) is 7.90. The first-order valence-electron chi connectivity index (χ1n) is 15.2. The van der Waals surface area contributed by atoms with Gasteiger partial charge in [-0.05, 0) is 35.4 Å². The number of aliphatic hydroxyl groups is 1. The summed E-state index contributed by atoms with van der Waals surface area (Å²) in [6.07, 6.45) is -11.4. The lowest BCUT2D eigenvalue weighted by molar-refractivity contribution is -0.275. The second-order valence-electron chi connectivity index (χ2n) is 11.2. The zero-order chi connectivity index (χ0) is 33.7. The normalized spacial score (nSPS) is 22.9. The number of halogens is 3. The molecule has 0 radical (unpaired) electrons. The van der Waals surface area contributed by atoms with Crippen molar-refractivity contribution in [3.8, 4) is 0 Å². The van der Waals surface area contributed by atoms with E-state index in [-0.39, 0.29) is 36.6 Å². The summed E-state index contributed by atoms with van der Waals surface area (Å²) in [7, 11) is 0. The summed E-state index contributed by atoms with van der Waals surface area (Å²) in [5, 5.41) is 11.7. The summed E-state index contributed by atoms with van der Waals surface area (Å²) >= 11 is 0. The molecule has 2 aliphatic rings. The Morgan fingerprint density at radius 2 is 1.29 bits per heavy atom. The van der Waals surface area contributed by atoms with E-state index in [1.165, 1.54) is 36.4 Å². The Morgan fingerprint density at radius 1 is 0.771 bits per heavy atom. The number of aliphatic hydroxyl groups excluding tert-OH is 1. The second kappa shape index (κ2) is 14.5. The summed E-state index contributed by atoms with van der Waals surface area (Å²) in [4.78, 5) is 31.9. The highest BCUT2D eigenvalue weighted by Gasteiger charge is 2.56. The van der Waals surface area contributed by atoms with Crippen LogP contribution in [0.25, 0.3) is 0 Å². The molecule has 2 amide bonds. The molecule has 2 heterocycles. The Labute approximate surface area is 274 Å². The topological polar surface area (TPSA) is 107 Å². The fourth-order valence-electron chi connectivity index (χ4n) is 5.60. The highest BCUT2D eigenvalue weighted by Crippen LogP contribution is 2.36. The lowest BCUT2D eigenvalue weighted by Crippen LogP contribution is -2.67. The summed E-state index contributed by atoms with van der Waals surface area (Å²) in [6.45, 7) is -0.288. The number of hydrogen-bond donors (Lipinski definition) is 1. The van der Waals surface area contributed by atoms with Gasteiger partial charge in [0, 0.05) is 0 Å². The number of amides is 2. The Bertz CT molecular complexity index is 1700. The van der Waals surface area contributed by atoms with Gasteiger partial charge < -0.3 is 24.1 Å². The molecule has 0 bridgehead atoms. The zero-order valence-electron chi connectivity index (χ0n) is 25.4. The molecule has 4 aromatic carbocycles. The van der Waals surface area contributed by atoms with Crippen LogP contribution in [0.4, 0.5) is 18.9 Å². The van der Waals surface area contributed by atoms with Crippen LogP contribution in [0.15, 0.2) is 120 Å². The SMILES string of the molecule is O=C1c2ccccc2C(=O)N1[C@H]1C(OC(=Nc2ccccc2)C(F)(F)F)O[C@H](COCc2ccccc2)[C@@H](O)[C@@H]1OCc1ccccc1. The molecule has 5 atom stereocenters. The van der Waals surface area contributed by atoms with E-state index in [1.54, 1.807) is 48.5 Å². The highest BCUT2D eigenvalue weighted by atomic mass is 19.4. The maximum absolute atomic E-state index is 14.5. The lowest BCUT2D eigenvalue weighted by atomic mass is 9.95. The number of fused-ring (bicyclic) bond motifs is 1. The van der Waals surface area contributed by atoms with Gasteiger partial charge in [0.05, 0.1) is 36.6 Å². The first-order valence-corrected chi connectivity index (χ1v) is 15.2. The van der Waals surface area contributed by atoms with Crippen molar-refractivity contribution in [2.24, 2.45) is 4.99 Å². The molecule has 248 valence electrons. The van der Waals surface area contributed by atoms with Gasteiger partial charge in [0.2, 0.25) is 6.29 Å². The average molecular weight is 661 g/mol. The van der Waals surface area contributed by atoms with Crippen LogP contribution in [0.5, 0.6) is 0 Å². The van der Waals surface area contributed by atoms with E-state index in [1.807, 2.05) is 30.3 Å². The first-order chi connectivity index (χ1) is 23.2. The largest absolute Gasteiger partial charge is 0.468 e. The van der Waals surface area contributed by atoms with Gasteiger partial charge in [-0.15, -0.1) is 0 Å². The van der Waals surface area contributed by atoms with E-state index in [9.17, 15) is 27.9 Å². The van der Waals surface area contributed by atoms with Gasteiger partial charge >= 0.3 is 6.18 Å². The highest BCUT2D eigenvalue weighted by molar-refractivity contribution is 6.21. The third-order valence-electron chi connectivity index (χ3n) is 7.90. The van der Waals surface area contributed by atoms with Gasteiger partial charge in [-0.2, -0.15) is 13.2 Å². The second-order valence-corrected chi connectivity index (χ2v) is 11.2. The molecule has 2 aliphatic heterocycles. The molecule has 0 aromatic heterocycles. The summed E-state index contributed by atoms with van der Waals surface area (Å²) in [6, 6.07) is 29.6. The van der Waals surface area contributed by atoms with Crippen molar-refractivity contribution >= 4 is 23.4 Å². The molecule has 0 aliphatic carbocycles. The van der Waals surface area contributed by atoms with E-state index >= 15 is 0 Å². The minimum absolute atomic E-state index is 0.0415. The van der Waals surface area contributed by atoms with Gasteiger partial charge in [-0.1, -0.05) is 91.0 Å². The van der Waals surface area contributed by atoms with Crippen LogP contribution in [0.1, 0.15) is 31.8 Å². The number of ether oxygens (including phenoxy) is 4. The number of nitrogens with zero attached hydrogens (tertiary/aromatic N) is 2. The number of aliphatic imine (C=N–C) groups is 1. The molecular weight excluding hydrogens is 629 g/mol. The number of carbonyl (C=O) groups is 2. The van der Waals surface area contributed by atoms with Gasteiger partial charge in [-0.3, -0.25) is 14.5 Å². The van der Waals surface area contributed by atoms with E-state index < -0.39 is 54.5 Å². The first kappa shape index (κ1) is 33.0. The van der Waals surface area contributed by atoms with Crippen molar-refractivity contribution in [3.63, 3.8) is 0 Å². The number of carbonyl (C=O) groups excluding carboxylic acids is 2. The fraction of sp³-hybridized carbons (Fsp3) is 0.250. The van der Waals surface area contributed by atoms with Gasteiger partial charge in [0.1, 0.15) is 24.4 Å². The van der Waals surface area contributed by atoms with Crippen LogP contribution in [0, 0.1) is 0 Å². The van der Waals surface area contributed by atoms with Crippen molar-refractivity contribution in [3.05, 3.63) is 138 Å². The minimum atomic E-state index is -5.11. The van der Waals surface area contributed by atoms with Gasteiger partial charge in [-0.25, -0.2) is 4.99 Å². The van der Waals surface area contributed by atoms with Crippen molar-refractivity contribution < 1.29 is 46.8 Å². The van der Waals surface area contributed by atoms with Crippen molar-refractivity contribution in [2.45, 2.75) is 50.0 Å². The Kier molecular flexibility index (Phi) is 9.97. The molecule has 1 fully saturated rings. The van der Waals surface area contributed by atoms with Crippen LogP contribution in [-0.4, -0.2) is 71.1 Å². The summed E-state index contributed by atoms with van der Waals surface area (Å²) in [5.41, 5.74) is 1.51. The Balaban J connectivity index is 1.39. The molecule has 12 heteroatoms. The standard InChI is InChI=1S/C36H31F3N2O7/c37-36(38,39)35(40-25-16-8-3-9-17-25)48-34-29(41-32(43)26-18-10-11-19-27(26)33(41)44)31(46-21-24-14-6-2-7-15-24)30(42)28(47-34)22-45-20-23-12-4-1-5-13-23/h1-19,28-31,34,42H,20-22H2/t28-,29-,30-,31-,34?/m1/s1. The summed E-state index contributed by atoms with van der Waals surface area (Å²) in [5.74, 6) is -3.28. The maximum Gasteiger partial charge on any atom is 0.468 e. The van der Waals surface area contributed by atoms with E-state index in [0.29, 0.717) is 5.56 Å².